The van der Waals surface area contributed by atoms with Crippen molar-refractivity contribution in [2.75, 3.05) is 19.6 Å². The summed E-state index contributed by atoms with van der Waals surface area (Å²) < 4.78 is 0. The van der Waals surface area contributed by atoms with E-state index in [1.165, 1.54) is 12.8 Å². The lowest BCUT2D eigenvalue weighted by atomic mass is 9.92. The summed E-state index contributed by atoms with van der Waals surface area (Å²) in [4.78, 5) is 13.9. The molecule has 0 aromatic heterocycles. The highest BCUT2D eigenvalue weighted by molar-refractivity contribution is 5.74. The zero-order valence-corrected chi connectivity index (χ0v) is 11.6. The number of likely N-dealkylation sites (tertiary alicyclic amines) is 1. The Bertz CT molecular complexity index is 292. The summed E-state index contributed by atoms with van der Waals surface area (Å²) in [6.45, 7) is 6.44. The highest BCUT2D eigenvalue weighted by Gasteiger charge is 2.41. The minimum Gasteiger partial charge on any atom is -0.393 e. The van der Waals surface area contributed by atoms with E-state index in [9.17, 15) is 9.90 Å². The van der Waals surface area contributed by atoms with Crippen molar-refractivity contribution in [3.8, 4) is 0 Å². The van der Waals surface area contributed by atoms with Gasteiger partial charge in [0.05, 0.1) is 6.10 Å². The van der Waals surface area contributed by atoms with Crippen LogP contribution in [0.2, 0.25) is 0 Å². The molecule has 18 heavy (non-hydrogen) atoms. The van der Waals surface area contributed by atoms with Crippen molar-refractivity contribution in [2.45, 2.75) is 52.1 Å². The maximum atomic E-state index is 12.0. The van der Waals surface area contributed by atoms with E-state index >= 15 is 0 Å². The first kappa shape index (κ1) is 13.7. The van der Waals surface area contributed by atoms with E-state index in [1.807, 2.05) is 11.8 Å². The third kappa shape index (κ3) is 3.16. The number of amides is 2. The van der Waals surface area contributed by atoms with Crippen molar-refractivity contribution in [1.29, 1.82) is 0 Å². The van der Waals surface area contributed by atoms with Crippen LogP contribution in [0.5, 0.6) is 0 Å². The van der Waals surface area contributed by atoms with Crippen molar-refractivity contribution < 1.29 is 9.90 Å². The van der Waals surface area contributed by atoms with Crippen LogP contribution in [0.15, 0.2) is 0 Å². The first-order chi connectivity index (χ1) is 8.56. The predicted molar refractivity (Wildman–Crippen MR) is 71.3 cm³/mol. The zero-order chi connectivity index (χ0) is 13.2. The Balaban J connectivity index is 1.71. The maximum absolute atomic E-state index is 12.0. The molecule has 2 aliphatic rings. The van der Waals surface area contributed by atoms with Gasteiger partial charge in [0.25, 0.3) is 0 Å². The van der Waals surface area contributed by atoms with Crippen molar-refractivity contribution in [1.82, 2.24) is 10.2 Å². The van der Waals surface area contributed by atoms with Gasteiger partial charge in [0.2, 0.25) is 0 Å². The van der Waals surface area contributed by atoms with Gasteiger partial charge in [-0.1, -0.05) is 6.92 Å². The molecule has 2 amide bonds. The number of aliphatic hydroxyl groups is 1. The second kappa shape index (κ2) is 5.47. The fraction of sp³-hybridized carbons (Fsp3) is 0.929. The highest BCUT2D eigenvalue weighted by Crippen LogP contribution is 2.47. The van der Waals surface area contributed by atoms with Gasteiger partial charge in [0.15, 0.2) is 0 Å². The number of carbonyl (C=O) groups excluding carboxylic acids is 1. The van der Waals surface area contributed by atoms with Gasteiger partial charge < -0.3 is 15.3 Å². The number of nitrogens with one attached hydrogen (secondary N) is 1. The van der Waals surface area contributed by atoms with Crippen molar-refractivity contribution in [3.63, 3.8) is 0 Å². The molecule has 4 heteroatoms. The van der Waals surface area contributed by atoms with E-state index in [0.29, 0.717) is 11.3 Å². The van der Waals surface area contributed by atoms with Crippen molar-refractivity contribution in [3.05, 3.63) is 0 Å². The largest absolute Gasteiger partial charge is 0.393 e. The molecule has 1 aliphatic carbocycles. The minimum atomic E-state index is -0.245. The summed E-state index contributed by atoms with van der Waals surface area (Å²) in [6, 6.07) is 0.0822. The SMILES string of the molecule is CCC1(CNC(=O)N2CCC(C(C)O)CC2)CC1. The molecule has 1 saturated heterocycles. The fourth-order valence-electron chi connectivity index (χ4n) is 2.79. The molecule has 1 unspecified atom stereocenters. The Labute approximate surface area is 110 Å². The summed E-state index contributed by atoms with van der Waals surface area (Å²) >= 11 is 0. The molecule has 2 fully saturated rings. The van der Waals surface area contributed by atoms with Gasteiger partial charge in [0, 0.05) is 19.6 Å². The average Bonchev–Trinajstić information content (AvgIpc) is 3.17. The predicted octanol–water partition coefficient (Wildman–Crippen LogP) is 1.98. The summed E-state index contributed by atoms with van der Waals surface area (Å²) in [5.41, 5.74) is 0.410. The molecule has 1 saturated carbocycles. The number of hydrogen-bond acceptors (Lipinski definition) is 2. The van der Waals surface area contributed by atoms with Crippen molar-refractivity contribution in [2.24, 2.45) is 11.3 Å². The van der Waals surface area contributed by atoms with E-state index < -0.39 is 0 Å². The quantitative estimate of drug-likeness (QED) is 0.806. The first-order valence-corrected chi connectivity index (χ1v) is 7.27. The Morgan fingerprint density at radius 2 is 2.06 bits per heavy atom. The molecule has 0 aromatic rings. The van der Waals surface area contributed by atoms with Gasteiger partial charge in [0.1, 0.15) is 0 Å². The number of hydrogen-bond donors (Lipinski definition) is 2. The van der Waals surface area contributed by atoms with E-state index in [0.717, 1.165) is 38.9 Å². The molecule has 0 spiro atoms. The van der Waals surface area contributed by atoms with Crippen LogP contribution in [0.25, 0.3) is 0 Å². The van der Waals surface area contributed by atoms with E-state index in [1.54, 1.807) is 0 Å². The Hall–Kier alpha value is -0.770. The lowest BCUT2D eigenvalue weighted by molar-refractivity contribution is 0.0796. The Kier molecular flexibility index (Phi) is 4.15. The van der Waals surface area contributed by atoms with Crippen LogP contribution in [0.4, 0.5) is 4.79 Å². The number of rotatable bonds is 4. The third-order valence-corrected chi connectivity index (χ3v) is 4.83. The summed E-state index contributed by atoms with van der Waals surface area (Å²) in [6.07, 6.45) is 5.28. The second-order valence-electron chi connectivity index (χ2n) is 6.08. The fourth-order valence-corrected chi connectivity index (χ4v) is 2.79. The van der Waals surface area contributed by atoms with Crippen LogP contribution in [0, 0.1) is 11.3 Å². The van der Waals surface area contributed by atoms with Crippen LogP contribution < -0.4 is 5.32 Å². The molecule has 2 rings (SSSR count). The topological polar surface area (TPSA) is 52.6 Å². The van der Waals surface area contributed by atoms with Gasteiger partial charge in [-0.2, -0.15) is 0 Å². The van der Waals surface area contributed by atoms with Crippen molar-refractivity contribution >= 4 is 6.03 Å². The number of urea groups is 1. The van der Waals surface area contributed by atoms with Gasteiger partial charge in [-0.3, -0.25) is 0 Å². The van der Waals surface area contributed by atoms with Crippen LogP contribution in [0.3, 0.4) is 0 Å². The first-order valence-electron chi connectivity index (χ1n) is 7.27. The smallest absolute Gasteiger partial charge is 0.317 e. The molecule has 4 nitrogen and oxygen atoms in total. The Morgan fingerprint density at radius 3 is 2.50 bits per heavy atom. The van der Waals surface area contributed by atoms with E-state index in [2.05, 4.69) is 12.2 Å². The molecule has 2 N–H and O–H groups in total. The molecular weight excluding hydrogens is 228 g/mol. The molecule has 0 bridgehead atoms. The van der Waals surface area contributed by atoms with E-state index in [4.69, 9.17) is 0 Å². The molecule has 1 atom stereocenters. The summed E-state index contributed by atoms with van der Waals surface area (Å²) in [7, 11) is 0. The Morgan fingerprint density at radius 1 is 1.44 bits per heavy atom. The number of aliphatic hydroxyl groups excluding tert-OH is 1. The molecule has 1 heterocycles. The monoisotopic (exact) mass is 254 g/mol. The second-order valence-corrected chi connectivity index (χ2v) is 6.08. The number of nitrogens with zero attached hydrogens (tertiary/aromatic N) is 1. The number of carbonyl (C=O) groups is 1. The normalized spacial score (nSPS) is 24.7. The summed E-state index contributed by atoms with van der Waals surface area (Å²) in [5, 5.41) is 12.6. The molecule has 0 aromatic carbocycles. The minimum absolute atomic E-state index is 0.0822. The van der Waals surface area contributed by atoms with Gasteiger partial charge in [-0.05, 0) is 50.4 Å². The lowest BCUT2D eigenvalue weighted by Gasteiger charge is -2.33. The molecule has 0 radical (unpaired) electrons. The van der Waals surface area contributed by atoms with Crippen LogP contribution in [0.1, 0.15) is 46.0 Å². The van der Waals surface area contributed by atoms with Gasteiger partial charge >= 0.3 is 6.03 Å². The van der Waals surface area contributed by atoms with Crippen LogP contribution >= 0.6 is 0 Å². The molecular formula is C14H26N2O2. The van der Waals surface area contributed by atoms with Crippen LogP contribution in [-0.2, 0) is 0 Å². The highest BCUT2D eigenvalue weighted by atomic mass is 16.3. The van der Waals surface area contributed by atoms with Gasteiger partial charge in [-0.25, -0.2) is 4.79 Å². The molecule has 1 aliphatic heterocycles. The zero-order valence-electron chi connectivity index (χ0n) is 11.6. The third-order valence-electron chi connectivity index (χ3n) is 4.83. The summed E-state index contributed by atoms with van der Waals surface area (Å²) in [5.74, 6) is 0.361. The molecule has 104 valence electrons. The maximum Gasteiger partial charge on any atom is 0.317 e. The lowest BCUT2D eigenvalue weighted by Crippen LogP contribution is -2.47. The number of piperidine rings is 1. The van der Waals surface area contributed by atoms with E-state index in [-0.39, 0.29) is 12.1 Å². The standard InChI is InChI=1S/C14H26N2O2/c1-3-14(6-7-14)10-15-13(18)16-8-4-12(5-9-16)11(2)17/h11-12,17H,3-10H2,1-2H3,(H,15,18). The average molecular weight is 254 g/mol. The van der Waals surface area contributed by atoms with Crippen LogP contribution in [-0.4, -0.2) is 41.8 Å². The van der Waals surface area contributed by atoms with Gasteiger partial charge in [-0.15, -0.1) is 0 Å².